The lowest BCUT2D eigenvalue weighted by Crippen LogP contribution is -2.38. The van der Waals surface area contributed by atoms with Crippen molar-refractivity contribution in [3.05, 3.63) is 126 Å². The van der Waals surface area contributed by atoms with Crippen LogP contribution in [0.3, 0.4) is 0 Å². The maximum absolute atomic E-state index is 5.31. The monoisotopic (exact) mass is 446 g/mol. The summed E-state index contributed by atoms with van der Waals surface area (Å²) in [6.07, 6.45) is 2.70. The number of anilines is 1. The number of nitrogens with zero attached hydrogens (tertiary/aromatic N) is 3. The third-order valence-electron chi connectivity index (χ3n) is 6.32. The SMILES string of the molecule is CCc1nn(C(c2ccccc2)(c2ccccc2)c2ccccc2)c2ccnc(NC(C)C)c12. The van der Waals surface area contributed by atoms with Gasteiger partial charge in [-0.2, -0.15) is 5.10 Å². The molecule has 0 radical (unpaired) electrons. The maximum atomic E-state index is 5.31. The molecule has 5 rings (SSSR count). The molecule has 0 atom stereocenters. The molecule has 0 amide bonds. The van der Waals surface area contributed by atoms with Crippen LogP contribution < -0.4 is 5.32 Å². The minimum atomic E-state index is -0.647. The molecule has 0 unspecified atom stereocenters. The van der Waals surface area contributed by atoms with Crippen molar-refractivity contribution in [3.8, 4) is 0 Å². The second-order valence-corrected chi connectivity index (χ2v) is 8.87. The van der Waals surface area contributed by atoms with Crippen molar-refractivity contribution in [2.24, 2.45) is 0 Å². The first kappa shape index (κ1) is 21.9. The number of rotatable bonds is 7. The van der Waals surface area contributed by atoms with E-state index < -0.39 is 5.54 Å². The first-order chi connectivity index (χ1) is 16.7. The Morgan fingerprint density at radius 3 is 1.71 bits per heavy atom. The summed E-state index contributed by atoms with van der Waals surface area (Å²) in [5.74, 6) is 0.888. The zero-order valence-corrected chi connectivity index (χ0v) is 19.9. The molecule has 0 saturated carbocycles. The van der Waals surface area contributed by atoms with Gasteiger partial charge in [-0.05, 0) is 43.0 Å². The van der Waals surface area contributed by atoms with E-state index in [2.05, 4.69) is 128 Å². The molecular formula is C30H30N4. The molecule has 34 heavy (non-hydrogen) atoms. The molecule has 0 fully saturated rings. The average molecular weight is 447 g/mol. The summed E-state index contributed by atoms with van der Waals surface area (Å²) in [5.41, 5.74) is 4.94. The highest BCUT2D eigenvalue weighted by Gasteiger charge is 2.41. The molecule has 0 aliphatic rings. The predicted octanol–water partition coefficient (Wildman–Crippen LogP) is 6.65. The average Bonchev–Trinajstić information content (AvgIpc) is 3.26. The zero-order chi connectivity index (χ0) is 23.5. The summed E-state index contributed by atoms with van der Waals surface area (Å²) < 4.78 is 2.22. The molecule has 0 saturated heterocycles. The smallest absolute Gasteiger partial charge is 0.138 e. The lowest BCUT2D eigenvalue weighted by Gasteiger charge is -2.37. The summed E-state index contributed by atoms with van der Waals surface area (Å²) >= 11 is 0. The van der Waals surface area contributed by atoms with E-state index >= 15 is 0 Å². The molecule has 2 aromatic heterocycles. The third-order valence-corrected chi connectivity index (χ3v) is 6.32. The zero-order valence-electron chi connectivity index (χ0n) is 19.9. The van der Waals surface area contributed by atoms with Gasteiger partial charge in [0.15, 0.2) is 0 Å². The van der Waals surface area contributed by atoms with E-state index in [-0.39, 0.29) is 6.04 Å². The maximum Gasteiger partial charge on any atom is 0.138 e. The summed E-state index contributed by atoms with van der Waals surface area (Å²) in [5, 5.41) is 9.94. The van der Waals surface area contributed by atoms with Crippen LogP contribution in [0.1, 0.15) is 43.2 Å². The number of nitrogens with one attached hydrogen (secondary N) is 1. The topological polar surface area (TPSA) is 42.7 Å². The predicted molar refractivity (Wildman–Crippen MR) is 140 cm³/mol. The van der Waals surface area contributed by atoms with Crippen LogP contribution in [-0.4, -0.2) is 20.8 Å². The third kappa shape index (κ3) is 3.56. The van der Waals surface area contributed by atoms with E-state index in [0.717, 1.165) is 45.5 Å². The van der Waals surface area contributed by atoms with Crippen molar-refractivity contribution in [2.45, 2.75) is 38.8 Å². The second kappa shape index (κ2) is 9.14. The van der Waals surface area contributed by atoms with E-state index in [9.17, 15) is 0 Å². The van der Waals surface area contributed by atoms with Gasteiger partial charge in [-0.1, -0.05) is 97.9 Å². The van der Waals surface area contributed by atoms with Crippen molar-refractivity contribution >= 4 is 16.7 Å². The summed E-state index contributed by atoms with van der Waals surface area (Å²) in [4.78, 5) is 4.70. The first-order valence-corrected chi connectivity index (χ1v) is 12.0. The molecule has 0 bridgehead atoms. The van der Waals surface area contributed by atoms with Gasteiger partial charge < -0.3 is 5.32 Å². The lowest BCUT2D eigenvalue weighted by molar-refractivity contribution is 0.471. The molecule has 170 valence electrons. The van der Waals surface area contributed by atoms with Gasteiger partial charge in [-0.3, -0.25) is 0 Å². The Morgan fingerprint density at radius 2 is 1.26 bits per heavy atom. The molecular weight excluding hydrogens is 416 g/mol. The van der Waals surface area contributed by atoms with Gasteiger partial charge in [-0.25, -0.2) is 9.67 Å². The van der Waals surface area contributed by atoms with Gasteiger partial charge in [-0.15, -0.1) is 0 Å². The number of pyridine rings is 1. The molecule has 1 N–H and O–H groups in total. The lowest BCUT2D eigenvalue weighted by atomic mass is 9.77. The van der Waals surface area contributed by atoms with Crippen molar-refractivity contribution in [1.29, 1.82) is 0 Å². The normalized spacial score (nSPS) is 11.8. The quantitative estimate of drug-likeness (QED) is 0.285. The van der Waals surface area contributed by atoms with Gasteiger partial charge in [0.05, 0.1) is 16.6 Å². The second-order valence-electron chi connectivity index (χ2n) is 8.87. The minimum absolute atomic E-state index is 0.272. The van der Waals surface area contributed by atoms with E-state index in [0.29, 0.717) is 0 Å². The van der Waals surface area contributed by atoms with Crippen LogP contribution in [0, 0.1) is 0 Å². The molecule has 0 spiro atoms. The van der Waals surface area contributed by atoms with Crippen LogP contribution in [0.2, 0.25) is 0 Å². The Kier molecular flexibility index (Phi) is 5.89. The fourth-order valence-electron chi connectivity index (χ4n) is 4.93. The fraction of sp³-hybridized carbons (Fsp3) is 0.200. The minimum Gasteiger partial charge on any atom is -0.367 e. The highest BCUT2D eigenvalue weighted by atomic mass is 15.3. The standard InChI is InChI=1S/C30H30N4/c1-4-26-28-27(20-21-31-29(28)32-22(2)3)34(33-26)30(23-14-8-5-9-15-23,24-16-10-6-11-17-24)25-18-12-7-13-19-25/h5-22H,4H2,1-3H3,(H,31,32). The molecule has 4 nitrogen and oxygen atoms in total. The van der Waals surface area contributed by atoms with Crippen LogP contribution in [0.4, 0.5) is 5.82 Å². The number of hydrogen-bond acceptors (Lipinski definition) is 3. The molecule has 0 aliphatic carbocycles. The summed E-state index contributed by atoms with van der Waals surface area (Å²) in [6.45, 7) is 6.44. The number of aryl methyl sites for hydroxylation is 1. The largest absolute Gasteiger partial charge is 0.367 e. The van der Waals surface area contributed by atoms with Crippen LogP contribution >= 0.6 is 0 Å². The fourth-order valence-corrected chi connectivity index (χ4v) is 4.93. The molecule has 0 aliphatic heterocycles. The van der Waals surface area contributed by atoms with Gasteiger partial charge >= 0.3 is 0 Å². The first-order valence-electron chi connectivity index (χ1n) is 12.0. The Balaban J connectivity index is 1.95. The number of aromatic nitrogens is 3. The van der Waals surface area contributed by atoms with Crippen molar-refractivity contribution < 1.29 is 0 Å². The van der Waals surface area contributed by atoms with Crippen LogP contribution in [0.15, 0.2) is 103 Å². The molecule has 2 heterocycles. The Bertz CT molecular complexity index is 1280. The van der Waals surface area contributed by atoms with Crippen molar-refractivity contribution in [2.75, 3.05) is 5.32 Å². The molecule has 3 aromatic carbocycles. The Hall–Kier alpha value is -3.92. The summed E-state index contributed by atoms with van der Waals surface area (Å²) in [6, 6.07) is 34.4. The van der Waals surface area contributed by atoms with Crippen LogP contribution in [0.5, 0.6) is 0 Å². The number of hydrogen-bond donors (Lipinski definition) is 1. The highest BCUT2D eigenvalue weighted by Crippen LogP contribution is 2.43. The Morgan fingerprint density at radius 1 is 0.765 bits per heavy atom. The van der Waals surface area contributed by atoms with E-state index in [4.69, 9.17) is 10.1 Å². The molecule has 4 heteroatoms. The van der Waals surface area contributed by atoms with Gasteiger partial charge in [0.2, 0.25) is 0 Å². The van der Waals surface area contributed by atoms with E-state index in [1.54, 1.807) is 0 Å². The van der Waals surface area contributed by atoms with Gasteiger partial charge in [0.1, 0.15) is 11.4 Å². The van der Waals surface area contributed by atoms with Crippen LogP contribution in [0.25, 0.3) is 10.9 Å². The molecule has 5 aromatic rings. The van der Waals surface area contributed by atoms with Crippen molar-refractivity contribution in [3.63, 3.8) is 0 Å². The highest BCUT2D eigenvalue weighted by molar-refractivity contribution is 5.92. The van der Waals surface area contributed by atoms with E-state index in [1.807, 2.05) is 6.20 Å². The summed E-state index contributed by atoms with van der Waals surface area (Å²) in [7, 11) is 0. The van der Waals surface area contributed by atoms with Gasteiger partial charge in [0, 0.05) is 12.2 Å². The number of fused-ring (bicyclic) bond motifs is 1. The van der Waals surface area contributed by atoms with Gasteiger partial charge in [0.25, 0.3) is 0 Å². The van der Waals surface area contributed by atoms with Crippen molar-refractivity contribution in [1.82, 2.24) is 14.8 Å². The number of benzene rings is 3. The van der Waals surface area contributed by atoms with Crippen LogP contribution in [-0.2, 0) is 12.0 Å². The Labute approximate surface area is 201 Å². The van der Waals surface area contributed by atoms with E-state index in [1.165, 1.54) is 0 Å².